The monoisotopic (exact) mass is 290 g/mol. The SMILES string of the molecule is Oc1ccc([C@@H](CC(F)(F)F)N2CCNCC2)cc1O. The second-order valence-corrected chi connectivity index (χ2v) is 4.87. The van der Waals surface area contributed by atoms with E-state index in [4.69, 9.17) is 0 Å². The highest BCUT2D eigenvalue weighted by Gasteiger charge is 2.36. The first-order valence-electron chi connectivity index (χ1n) is 6.40. The van der Waals surface area contributed by atoms with Crippen molar-refractivity contribution in [3.05, 3.63) is 23.8 Å². The van der Waals surface area contributed by atoms with Gasteiger partial charge in [0.15, 0.2) is 11.5 Å². The van der Waals surface area contributed by atoms with E-state index >= 15 is 0 Å². The third kappa shape index (κ3) is 3.77. The van der Waals surface area contributed by atoms with E-state index in [1.165, 1.54) is 18.2 Å². The standard InChI is InChI=1S/C13H17F3N2O2/c14-13(15,16)8-10(18-5-3-17-4-6-18)9-1-2-11(19)12(20)7-9/h1-2,7,10,17,19-20H,3-6,8H2/t10-/m1/s1. The van der Waals surface area contributed by atoms with Gasteiger partial charge in [0, 0.05) is 32.2 Å². The van der Waals surface area contributed by atoms with E-state index in [2.05, 4.69) is 5.32 Å². The van der Waals surface area contributed by atoms with Gasteiger partial charge in [-0.3, -0.25) is 4.90 Å². The van der Waals surface area contributed by atoms with Crippen molar-refractivity contribution >= 4 is 0 Å². The van der Waals surface area contributed by atoms with Crippen LogP contribution in [0.3, 0.4) is 0 Å². The summed E-state index contributed by atoms with van der Waals surface area (Å²) in [5.74, 6) is -0.732. The van der Waals surface area contributed by atoms with Gasteiger partial charge in [-0.2, -0.15) is 13.2 Å². The molecule has 0 spiro atoms. The fraction of sp³-hybridized carbons (Fsp3) is 0.538. The van der Waals surface area contributed by atoms with Crippen molar-refractivity contribution < 1.29 is 23.4 Å². The van der Waals surface area contributed by atoms with Crippen molar-refractivity contribution in [1.29, 1.82) is 0 Å². The number of benzene rings is 1. The van der Waals surface area contributed by atoms with Crippen molar-refractivity contribution in [3.63, 3.8) is 0 Å². The van der Waals surface area contributed by atoms with Gasteiger partial charge < -0.3 is 15.5 Å². The topological polar surface area (TPSA) is 55.7 Å². The molecule has 2 rings (SSSR count). The molecule has 0 unspecified atom stereocenters. The van der Waals surface area contributed by atoms with Crippen molar-refractivity contribution in [1.82, 2.24) is 10.2 Å². The number of piperazine rings is 1. The van der Waals surface area contributed by atoms with Gasteiger partial charge in [-0.15, -0.1) is 0 Å². The molecular formula is C13H17F3N2O2. The third-order valence-electron chi connectivity index (χ3n) is 3.40. The number of nitrogens with one attached hydrogen (secondary N) is 1. The predicted molar refractivity (Wildman–Crippen MR) is 67.6 cm³/mol. The molecule has 1 atom stereocenters. The summed E-state index contributed by atoms with van der Waals surface area (Å²) in [4.78, 5) is 1.75. The molecule has 0 saturated carbocycles. The van der Waals surface area contributed by atoms with Crippen molar-refractivity contribution in [2.75, 3.05) is 26.2 Å². The fourth-order valence-electron chi connectivity index (χ4n) is 2.42. The van der Waals surface area contributed by atoms with Gasteiger partial charge in [0.1, 0.15) is 0 Å². The highest BCUT2D eigenvalue weighted by molar-refractivity contribution is 5.41. The molecule has 0 aromatic heterocycles. The summed E-state index contributed by atoms with van der Waals surface area (Å²) >= 11 is 0. The molecule has 1 saturated heterocycles. The summed E-state index contributed by atoms with van der Waals surface area (Å²) in [5.41, 5.74) is 0.361. The minimum atomic E-state index is -4.29. The number of alkyl halides is 3. The average Bonchev–Trinajstić information content (AvgIpc) is 2.39. The van der Waals surface area contributed by atoms with E-state index in [0.29, 0.717) is 31.7 Å². The predicted octanol–water partition coefficient (Wildman–Crippen LogP) is 2.00. The lowest BCUT2D eigenvalue weighted by molar-refractivity contribution is -0.148. The van der Waals surface area contributed by atoms with Crippen LogP contribution in [0, 0.1) is 0 Å². The summed E-state index contributed by atoms with van der Waals surface area (Å²) in [6, 6.07) is 3.00. The van der Waals surface area contributed by atoms with Crippen LogP contribution >= 0.6 is 0 Å². The molecule has 112 valence electrons. The van der Waals surface area contributed by atoms with Crippen LogP contribution in [-0.2, 0) is 0 Å². The number of halogens is 3. The highest BCUT2D eigenvalue weighted by Crippen LogP contribution is 2.37. The van der Waals surface area contributed by atoms with Crippen molar-refractivity contribution in [2.24, 2.45) is 0 Å². The Morgan fingerprint density at radius 2 is 1.80 bits per heavy atom. The zero-order chi connectivity index (χ0) is 14.8. The molecule has 0 aliphatic carbocycles. The van der Waals surface area contributed by atoms with Gasteiger partial charge in [-0.25, -0.2) is 0 Å². The van der Waals surface area contributed by atoms with Crippen LogP contribution in [0.1, 0.15) is 18.0 Å². The summed E-state index contributed by atoms with van der Waals surface area (Å²) in [5, 5.41) is 21.8. The molecule has 3 N–H and O–H groups in total. The Labute approximate surface area is 114 Å². The van der Waals surface area contributed by atoms with Crippen LogP contribution in [0.5, 0.6) is 11.5 Å². The Bertz CT molecular complexity index is 459. The van der Waals surface area contributed by atoms with Gasteiger partial charge >= 0.3 is 6.18 Å². The second kappa shape index (κ2) is 5.88. The van der Waals surface area contributed by atoms with Crippen LogP contribution in [0.2, 0.25) is 0 Å². The number of phenolic OH excluding ortho intramolecular Hbond substituents is 2. The van der Waals surface area contributed by atoms with Crippen LogP contribution in [-0.4, -0.2) is 47.5 Å². The van der Waals surface area contributed by atoms with Crippen LogP contribution in [0.15, 0.2) is 18.2 Å². The molecule has 1 aliphatic rings. The van der Waals surface area contributed by atoms with E-state index in [1.807, 2.05) is 0 Å². The smallest absolute Gasteiger partial charge is 0.390 e. The maximum atomic E-state index is 12.8. The molecule has 0 bridgehead atoms. The Hall–Kier alpha value is -1.47. The molecule has 0 radical (unpaired) electrons. The van der Waals surface area contributed by atoms with Crippen molar-refractivity contribution in [3.8, 4) is 11.5 Å². The zero-order valence-corrected chi connectivity index (χ0v) is 10.8. The Morgan fingerprint density at radius 3 is 2.35 bits per heavy atom. The zero-order valence-electron chi connectivity index (χ0n) is 10.8. The summed E-state index contributed by atoms with van der Waals surface area (Å²) in [6.07, 6.45) is -5.26. The molecule has 4 nitrogen and oxygen atoms in total. The number of hydrogen-bond donors (Lipinski definition) is 3. The van der Waals surface area contributed by atoms with Crippen LogP contribution in [0.4, 0.5) is 13.2 Å². The van der Waals surface area contributed by atoms with E-state index < -0.39 is 24.4 Å². The van der Waals surface area contributed by atoms with Gasteiger partial charge in [0.05, 0.1) is 6.42 Å². The number of rotatable bonds is 3. The van der Waals surface area contributed by atoms with Crippen LogP contribution < -0.4 is 5.32 Å². The molecule has 1 aromatic carbocycles. The summed E-state index contributed by atoms with van der Waals surface area (Å²) in [6.45, 7) is 2.31. The molecule has 0 amide bonds. The van der Waals surface area contributed by atoms with E-state index in [1.54, 1.807) is 4.90 Å². The van der Waals surface area contributed by atoms with E-state index in [9.17, 15) is 23.4 Å². The maximum Gasteiger partial charge on any atom is 0.390 e. The Kier molecular flexibility index (Phi) is 4.39. The largest absolute Gasteiger partial charge is 0.504 e. The first-order chi connectivity index (χ1) is 9.37. The van der Waals surface area contributed by atoms with Crippen molar-refractivity contribution in [2.45, 2.75) is 18.6 Å². The molecule has 7 heteroatoms. The molecule has 1 fully saturated rings. The molecule has 1 aromatic rings. The molecule has 1 heterocycles. The van der Waals surface area contributed by atoms with Gasteiger partial charge in [0.2, 0.25) is 0 Å². The maximum absolute atomic E-state index is 12.8. The number of aromatic hydroxyl groups is 2. The third-order valence-corrected chi connectivity index (χ3v) is 3.40. The summed E-state index contributed by atoms with van der Waals surface area (Å²) < 4.78 is 38.3. The van der Waals surface area contributed by atoms with Gasteiger partial charge in [-0.05, 0) is 17.7 Å². The fourth-order valence-corrected chi connectivity index (χ4v) is 2.42. The lowest BCUT2D eigenvalue weighted by atomic mass is 10.00. The number of nitrogens with zero attached hydrogens (tertiary/aromatic N) is 1. The Morgan fingerprint density at radius 1 is 1.15 bits per heavy atom. The highest BCUT2D eigenvalue weighted by atomic mass is 19.4. The van der Waals surface area contributed by atoms with Gasteiger partial charge in [0.25, 0.3) is 0 Å². The average molecular weight is 290 g/mol. The first kappa shape index (κ1) is 14.9. The number of hydrogen-bond acceptors (Lipinski definition) is 4. The second-order valence-electron chi connectivity index (χ2n) is 4.87. The summed E-state index contributed by atoms with van der Waals surface area (Å²) in [7, 11) is 0. The number of phenols is 2. The first-order valence-corrected chi connectivity index (χ1v) is 6.40. The van der Waals surface area contributed by atoms with E-state index in [0.717, 1.165) is 0 Å². The lowest BCUT2D eigenvalue weighted by Gasteiger charge is -2.35. The lowest BCUT2D eigenvalue weighted by Crippen LogP contribution is -2.46. The quantitative estimate of drug-likeness (QED) is 0.745. The van der Waals surface area contributed by atoms with E-state index in [-0.39, 0.29) is 5.75 Å². The molecule has 20 heavy (non-hydrogen) atoms. The Balaban J connectivity index is 2.26. The minimum absolute atomic E-state index is 0.334. The molecular weight excluding hydrogens is 273 g/mol. The minimum Gasteiger partial charge on any atom is -0.504 e. The van der Waals surface area contributed by atoms with Crippen LogP contribution in [0.25, 0.3) is 0 Å². The molecule has 1 aliphatic heterocycles. The van der Waals surface area contributed by atoms with Gasteiger partial charge in [-0.1, -0.05) is 6.07 Å². The normalized spacial score (nSPS) is 18.9.